The summed E-state index contributed by atoms with van der Waals surface area (Å²) in [7, 11) is 0. The molecular formula is C14H14ClFN2OS. The topological polar surface area (TPSA) is 48.3 Å². The van der Waals surface area contributed by atoms with Gasteiger partial charge >= 0.3 is 0 Å². The third kappa shape index (κ3) is 3.48. The molecule has 0 spiro atoms. The molecule has 1 heterocycles. The van der Waals surface area contributed by atoms with Gasteiger partial charge in [-0.1, -0.05) is 16.0 Å². The first-order valence-corrected chi connectivity index (χ1v) is 7.48. The second kappa shape index (κ2) is 5.68. The average Bonchev–Trinajstić information content (AvgIpc) is 2.34. The first-order valence-electron chi connectivity index (χ1n) is 5.99. The van der Waals surface area contributed by atoms with Crippen molar-refractivity contribution >= 4 is 40.1 Å². The fourth-order valence-corrected chi connectivity index (χ4v) is 2.21. The number of aromatic nitrogens is 1. The minimum atomic E-state index is -1.36. The van der Waals surface area contributed by atoms with Crippen molar-refractivity contribution in [2.45, 2.75) is 25.5 Å². The van der Waals surface area contributed by atoms with Crippen LogP contribution in [0.4, 0.5) is 4.39 Å². The minimum Gasteiger partial charge on any atom is -0.591 e. The SMILES string of the molecule is CC(C)(C)[S+]([O-])N=Cc1cc2ccc(F)cc2nc1Cl. The highest BCUT2D eigenvalue weighted by molar-refractivity contribution is 7.91. The van der Waals surface area contributed by atoms with Crippen LogP contribution in [-0.2, 0) is 11.4 Å². The molecule has 1 aromatic heterocycles. The zero-order valence-electron chi connectivity index (χ0n) is 11.4. The van der Waals surface area contributed by atoms with Crippen LogP contribution in [0.2, 0.25) is 5.15 Å². The largest absolute Gasteiger partial charge is 0.591 e. The van der Waals surface area contributed by atoms with E-state index in [9.17, 15) is 8.94 Å². The Hall–Kier alpha value is -1.17. The third-order valence-corrected chi connectivity index (χ3v) is 4.22. The number of hydrogen-bond acceptors (Lipinski definition) is 3. The number of nitrogens with zero attached hydrogens (tertiary/aromatic N) is 2. The van der Waals surface area contributed by atoms with Crippen molar-refractivity contribution in [2.75, 3.05) is 0 Å². The lowest BCUT2D eigenvalue weighted by molar-refractivity contribution is 0.562. The Morgan fingerprint density at radius 3 is 2.70 bits per heavy atom. The molecule has 20 heavy (non-hydrogen) atoms. The van der Waals surface area contributed by atoms with Crippen molar-refractivity contribution in [1.82, 2.24) is 4.98 Å². The van der Waals surface area contributed by atoms with Crippen LogP contribution in [0.1, 0.15) is 26.3 Å². The standard InChI is InChI=1S/C14H14ClFN2OS/c1-14(2,3)20(19)17-8-10-6-9-4-5-11(16)7-12(9)18-13(10)15/h4-8H,1-3H3. The Labute approximate surface area is 125 Å². The maximum absolute atomic E-state index is 13.1. The van der Waals surface area contributed by atoms with Crippen LogP contribution in [0, 0.1) is 5.82 Å². The molecule has 3 nitrogen and oxygen atoms in total. The summed E-state index contributed by atoms with van der Waals surface area (Å²) in [6, 6.07) is 6.03. The van der Waals surface area contributed by atoms with Crippen molar-refractivity contribution in [3.8, 4) is 0 Å². The van der Waals surface area contributed by atoms with Crippen LogP contribution in [0.3, 0.4) is 0 Å². The zero-order valence-corrected chi connectivity index (χ0v) is 12.9. The van der Waals surface area contributed by atoms with E-state index < -0.39 is 16.1 Å². The molecule has 0 radical (unpaired) electrons. The van der Waals surface area contributed by atoms with E-state index in [0.717, 1.165) is 5.39 Å². The molecule has 0 aliphatic rings. The molecule has 0 saturated carbocycles. The molecule has 0 fully saturated rings. The smallest absolute Gasteiger partial charge is 0.144 e. The molecule has 0 saturated heterocycles. The number of fused-ring (bicyclic) bond motifs is 1. The van der Waals surface area contributed by atoms with Crippen LogP contribution >= 0.6 is 11.6 Å². The second-order valence-corrected chi connectivity index (χ2v) is 7.59. The number of pyridine rings is 1. The summed E-state index contributed by atoms with van der Waals surface area (Å²) in [6.45, 7) is 5.51. The molecule has 0 amide bonds. The van der Waals surface area contributed by atoms with E-state index in [-0.39, 0.29) is 11.0 Å². The molecule has 106 valence electrons. The van der Waals surface area contributed by atoms with Gasteiger partial charge in [-0.25, -0.2) is 9.37 Å². The Morgan fingerprint density at radius 2 is 2.05 bits per heavy atom. The zero-order chi connectivity index (χ0) is 14.9. The Bertz CT molecular complexity index is 670. The van der Waals surface area contributed by atoms with Crippen molar-refractivity contribution < 1.29 is 8.94 Å². The van der Waals surface area contributed by atoms with Gasteiger partial charge in [0.25, 0.3) is 0 Å². The lowest BCUT2D eigenvalue weighted by atomic mass is 10.2. The van der Waals surface area contributed by atoms with Crippen LogP contribution < -0.4 is 0 Å². The van der Waals surface area contributed by atoms with Gasteiger partial charge in [-0.3, -0.25) is 0 Å². The van der Waals surface area contributed by atoms with E-state index in [1.165, 1.54) is 18.3 Å². The van der Waals surface area contributed by atoms with E-state index in [1.54, 1.807) is 12.1 Å². The molecule has 0 N–H and O–H groups in total. The number of rotatable bonds is 2. The van der Waals surface area contributed by atoms with E-state index in [2.05, 4.69) is 9.38 Å². The highest BCUT2D eigenvalue weighted by atomic mass is 35.5. The van der Waals surface area contributed by atoms with Gasteiger partial charge in [0.2, 0.25) is 0 Å². The summed E-state index contributed by atoms with van der Waals surface area (Å²) >= 11 is 4.67. The molecule has 2 aromatic rings. The van der Waals surface area contributed by atoms with Gasteiger partial charge in [0.1, 0.15) is 27.1 Å². The van der Waals surface area contributed by atoms with E-state index >= 15 is 0 Å². The van der Waals surface area contributed by atoms with Crippen LogP contribution in [0.15, 0.2) is 28.7 Å². The first-order chi connectivity index (χ1) is 9.27. The van der Waals surface area contributed by atoms with Crippen molar-refractivity contribution in [2.24, 2.45) is 4.40 Å². The fraction of sp³-hybridized carbons (Fsp3) is 0.286. The van der Waals surface area contributed by atoms with Gasteiger partial charge in [0.05, 0.1) is 11.7 Å². The summed E-state index contributed by atoms with van der Waals surface area (Å²) in [5.74, 6) is -0.365. The molecule has 6 heteroatoms. The second-order valence-electron chi connectivity index (χ2n) is 5.30. The Morgan fingerprint density at radius 1 is 1.35 bits per heavy atom. The quantitative estimate of drug-likeness (QED) is 0.479. The summed E-state index contributed by atoms with van der Waals surface area (Å²) in [5, 5.41) is 0.955. The molecule has 0 bridgehead atoms. The van der Waals surface area contributed by atoms with Gasteiger partial charge in [0, 0.05) is 17.0 Å². The monoisotopic (exact) mass is 312 g/mol. The predicted molar refractivity (Wildman–Crippen MR) is 82.2 cm³/mol. The summed E-state index contributed by atoms with van der Waals surface area (Å²) in [5.41, 5.74) is 1.03. The van der Waals surface area contributed by atoms with Crippen molar-refractivity contribution in [1.29, 1.82) is 0 Å². The Balaban J connectivity index is 2.38. The maximum atomic E-state index is 13.1. The number of benzene rings is 1. The average molecular weight is 313 g/mol. The van der Waals surface area contributed by atoms with E-state index in [4.69, 9.17) is 11.6 Å². The predicted octanol–water partition coefficient (Wildman–Crippen LogP) is 3.91. The first kappa shape index (κ1) is 15.2. The summed E-state index contributed by atoms with van der Waals surface area (Å²) in [4.78, 5) is 4.11. The van der Waals surface area contributed by atoms with Gasteiger partial charge in [-0.05, 0) is 39.0 Å². The van der Waals surface area contributed by atoms with E-state index in [0.29, 0.717) is 11.1 Å². The highest BCUT2D eigenvalue weighted by Crippen LogP contribution is 2.22. The van der Waals surface area contributed by atoms with Gasteiger partial charge in [0.15, 0.2) is 0 Å². The lowest BCUT2D eigenvalue weighted by Gasteiger charge is -2.17. The van der Waals surface area contributed by atoms with Crippen LogP contribution in [-0.4, -0.2) is 20.5 Å². The molecule has 2 rings (SSSR count). The fourth-order valence-electron chi connectivity index (χ4n) is 1.49. The van der Waals surface area contributed by atoms with Gasteiger partial charge in [-0.2, -0.15) is 0 Å². The molecule has 0 aliphatic heterocycles. The molecule has 1 unspecified atom stereocenters. The molecule has 1 atom stereocenters. The Kier molecular flexibility index (Phi) is 4.32. The molecule has 1 aromatic carbocycles. The normalized spacial score (nSPS) is 14.1. The minimum absolute atomic E-state index is 0.206. The lowest BCUT2D eigenvalue weighted by Crippen LogP contribution is -2.25. The van der Waals surface area contributed by atoms with Gasteiger partial charge in [-0.15, -0.1) is 0 Å². The third-order valence-electron chi connectivity index (χ3n) is 2.57. The molecule has 0 aliphatic carbocycles. The van der Waals surface area contributed by atoms with Crippen molar-refractivity contribution in [3.05, 3.63) is 40.8 Å². The van der Waals surface area contributed by atoms with Gasteiger partial charge < -0.3 is 4.55 Å². The highest BCUT2D eigenvalue weighted by Gasteiger charge is 2.25. The van der Waals surface area contributed by atoms with E-state index in [1.807, 2.05) is 20.8 Å². The van der Waals surface area contributed by atoms with Crippen LogP contribution in [0.25, 0.3) is 10.9 Å². The summed E-state index contributed by atoms with van der Waals surface area (Å²) < 4.78 is 28.5. The molecular weight excluding hydrogens is 299 g/mol. The number of hydrogen-bond donors (Lipinski definition) is 0. The number of halogens is 2. The summed E-state index contributed by atoms with van der Waals surface area (Å²) in [6.07, 6.45) is 1.44. The van der Waals surface area contributed by atoms with Crippen LogP contribution in [0.5, 0.6) is 0 Å². The van der Waals surface area contributed by atoms with Crippen molar-refractivity contribution in [3.63, 3.8) is 0 Å². The maximum Gasteiger partial charge on any atom is 0.144 e.